The number of pyridine rings is 1. The van der Waals surface area contributed by atoms with Crippen LogP contribution in [0.2, 0.25) is 0 Å². The number of thioether (sulfide) groups is 1. The first-order chi connectivity index (χ1) is 14.0. The van der Waals surface area contributed by atoms with Crippen LogP contribution in [0.25, 0.3) is 11.1 Å². The Morgan fingerprint density at radius 3 is 2.66 bits per heavy atom. The molecule has 4 rings (SSSR count). The van der Waals surface area contributed by atoms with Gasteiger partial charge in [0, 0.05) is 47.8 Å². The van der Waals surface area contributed by atoms with Crippen molar-refractivity contribution in [2.24, 2.45) is 12.0 Å². The smallest absolute Gasteiger partial charge is 0.250 e. The van der Waals surface area contributed by atoms with Gasteiger partial charge in [0.2, 0.25) is 0 Å². The van der Waals surface area contributed by atoms with Crippen molar-refractivity contribution in [1.82, 2.24) is 4.57 Å². The minimum absolute atomic E-state index is 0.0914. The van der Waals surface area contributed by atoms with Crippen molar-refractivity contribution in [2.75, 3.05) is 5.75 Å². The van der Waals surface area contributed by atoms with Crippen LogP contribution in [-0.4, -0.2) is 21.1 Å². The number of hydrogen-bond acceptors (Lipinski definition) is 4. The van der Waals surface area contributed by atoms with Crippen molar-refractivity contribution in [2.45, 2.75) is 19.2 Å². The van der Waals surface area contributed by atoms with Gasteiger partial charge in [-0.3, -0.25) is 9.79 Å². The van der Waals surface area contributed by atoms with Crippen molar-refractivity contribution >= 4 is 17.5 Å². The fourth-order valence-electron chi connectivity index (χ4n) is 3.56. The zero-order chi connectivity index (χ0) is 20.5. The lowest BCUT2D eigenvalue weighted by atomic mass is 9.91. The van der Waals surface area contributed by atoms with E-state index in [9.17, 15) is 14.3 Å². The zero-order valence-electron chi connectivity index (χ0n) is 16.3. The lowest BCUT2D eigenvalue weighted by Gasteiger charge is -2.15. The predicted octanol–water partition coefficient (Wildman–Crippen LogP) is 4.50. The molecule has 0 saturated carbocycles. The molecular formula is C23H21FN2O2S. The Morgan fingerprint density at radius 1 is 1.10 bits per heavy atom. The molecule has 2 heterocycles. The van der Waals surface area contributed by atoms with Crippen LogP contribution in [0.3, 0.4) is 0 Å². The summed E-state index contributed by atoms with van der Waals surface area (Å²) < 4.78 is 15.1. The molecule has 6 heteroatoms. The molecule has 0 amide bonds. The van der Waals surface area contributed by atoms with Crippen LogP contribution in [0.5, 0.6) is 5.75 Å². The number of aliphatic imine (C=N–C) groups is 1. The third-order valence-corrected chi connectivity index (χ3v) is 5.98. The van der Waals surface area contributed by atoms with Gasteiger partial charge >= 0.3 is 0 Å². The summed E-state index contributed by atoms with van der Waals surface area (Å²) in [7, 11) is 1.73. The Balaban J connectivity index is 1.96. The molecule has 0 aliphatic carbocycles. The molecule has 0 bridgehead atoms. The summed E-state index contributed by atoms with van der Waals surface area (Å²) >= 11 is 1.84. The van der Waals surface area contributed by atoms with Crippen LogP contribution in [0.4, 0.5) is 4.39 Å². The maximum Gasteiger partial charge on any atom is 0.250 e. The van der Waals surface area contributed by atoms with Crippen molar-refractivity contribution in [3.8, 4) is 16.9 Å². The molecule has 0 unspecified atom stereocenters. The van der Waals surface area contributed by atoms with Crippen LogP contribution in [-0.2, 0) is 19.3 Å². The Morgan fingerprint density at radius 2 is 1.90 bits per heavy atom. The van der Waals surface area contributed by atoms with Crippen molar-refractivity contribution in [3.63, 3.8) is 0 Å². The summed E-state index contributed by atoms with van der Waals surface area (Å²) in [5, 5.41) is 10.4. The normalized spacial score (nSPS) is 12.7. The third kappa shape index (κ3) is 3.72. The summed E-state index contributed by atoms with van der Waals surface area (Å²) in [6.07, 6.45) is 1.84. The lowest BCUT2D eigenvalue weighted by molar-refractivity contribution is 0.468. The third-order valence-electron chi connectivity index (χ3n) is 5.04. The minimum Gasteiger partial charge on any atom is -0.507 e. The Hall–Kier alpha value is -2.86. The number of rotatable bonds is 4. The SMILES string of the molecule is CCSCc1ccc2c(c1)-c1cn(C)c(=O)cc1CN=C2c1ccc(F)cc1O. The fraction of sp³-hybridized carbons (Fsp3) is 0.217. The molecule has 148 valence electrons. The van der Waals surface area contributed by atoms with Gasteiger partial charge in [-0.25, -0.2) is 4.39 Å². The molecule has 2 aromatic carbocycles. The molecule has 1 N–H and O–H groups in total. The highest BCUT2D eigenvalue weighted by Crippen LogP contribution is 2.35. The van der Waals surface area contributed by atoms with Gasteiger partial charge in [0.1, 0.15) is 11.6 Å². The van der Waals surface area contributed by atoms with Gasteiger partial charge < -0.3 is 9.67 Å². The molecule has 0 radical (unpaired) electrons. The van der Waals surface area contributed by atoms with E-state index in [1.54, 1.807) is 23.7 Å². The van der Waals surface area contributed by atoms with Gasteiger partial charge in [-0.2, -0.15) is 11.8 Å². The van der Waals surface area contributed by atoms with Crippen molar-refractivity contribution in [3.05, 3.63) is 87.1 Å². The number of hydrogen-bond donors (Lipinski definition) is 1. The molecule has 1 aromatic heterocycles. The van der Waals surface area contributed by atoms with E-state index in [1.807, 2.05) is 24.0 Å². The number of nitrogens with zero attached hydrogens (tertiary/aromatic N) is 2. The molecule has 1 aliphatic rings. The molecule has 3 aromatic rings. The first-order valence-corrected chi connectivity index (χ1v) is 10.6. The number of aromatic hydroxyl groups is 1. The van der Waals surface area contributed by atoms with E-state index in [0.717, 1.165) is 39.8 Å². The highest BCUT2D eigenvalue weighted by molar-refractivity contribution is 7.98. The summed E-state index contributed by atoms with van der Waals surface area (Å²) in [5.41, 5.74) is 5.77. The maximum atomic E-state index is 13.5. The predicted molar refractivity (Wildman–Crippen MR) is 116 cm³/mol. The number of phenols is 1. The van der Waals surface area contributed by atoms with E-state index < -0.39 is 5.82 Å². The summed E-state index contributed by atoms with van der Waals surface area (Å²) in [6.45, 7) is 2.44. The van der Waals surface area contributed by atoms with Gasteiger partial charge in [-0.1, -0.05) is 19.1 Å². The summed E-state index contributed by atoms with van der Waals surface area (Å²) in [6, 6.07) is 11.8. The topological polar surface area (TPSA) is 54.6 Å². The van der Waals surface area contributed by atoms with E-state index in [0.29, 0.717) is 17.8 Å². The number of halogens is 1. The second-order valence-electron chi connectivity index (χ2n) is 7.00. The number of benzene rings is 2. The van der Waals surface area contributed by atoms with Gasteiger partial charge in [0.15, 0.2) is 0 Å². The van der Waals surface area contributed by atoms with Crippen molar-refractivity contribution in [1.29, 1.82) is 0 Å². The van der Waals surface area contributed by atoms with E-state index in [2.05, 4.69) is 19.1 Å². The molecule has 1 aliphatic heterocycles. The van der Waals surface area contributed by atoms with Gasteiger partial charge in [0.05, 0.1) is 12.3 Å². The monoisotopic (exact) mass is 408 g/mol. The van der Waals surface area contributed by atoms with Crippen LogP contribution in [0.15, 0.2) is 58.4 Å². The number of aromatic nitrogens is 1. The zero-order valence-corrected chi connectivity index (χ0v) is 17.1. The number of aryl methyl sites for hydroxylation is 1. The second kappa shape index (κ2) is 7.87. The minimum atomic E-state index is -0.501. The standard InChI is InChI=1S/C23H21FN2O2S/c1-3-29-13-14-4-6-17-19(8-14)20-12-26(2)22(28)9-15(20)11-25-23(17)18-7-5-16(24)10-21(18)27/h4-10,12,27H,3,11,13H2,1-2H3. The van der Waals surface area contributed by atoms with E-state index in [-0.39, 0.29) is 11.3 Å². The van der Waals surface area contributed by atoms with E-state index in [4.69, 9.17) is 4.99 Å². The van der Waals surface area contributed by atoms with Gasteiger partial charge in [0.25, 0.3) is 5.56 Å². The number of fused-ring (bicyclic) bond motifs is 3. The lowest BCUT2D eigenvalue weighted by Crippen LogP contribution is -2.16. The average molecular weight is 408 g/mol. The first kappa shape index (κ1) is 19.5. The van der Waals surface area contributed by atoms with Crippen LogP contribution in [0, 0.1) is 5.82 Å². The molecule has 0 atom stereocenters. The Labute approximate surface area is 172 Å². The molecule has 0 saturated heterocycles. The molecule has 0 spiro atoms. The first-order valence-electron chi connectivity index (χ1n) is 9.42. The van der Waals surface area contributed by atoms with Gasteiger partial charge in [-0.05, 0) is 40.6 Å². The van der Waals surface area contributed by atoms with Gasteiger partial charge in [-0.15, -0.1) is 0 Å². The summed E-state index contributed by atoms with van der Waals surface area (Å²) in [5.74, 6) is 1.26. The fourth-order valence-corrected chi connectivity index (χ4v) is 4.18. The highest BCUT2D eigenvalue weighted by atomic mass is 32.2. The van der Waals surface area contributed by atoms with Crippen LogP contribution < -0.4 is 5.56 Å². The number of phenolic OH excluding ortho intramolecular Hbond substituents is 1. The van der Waals surface area contributed by atoms with E-state index >= 15 is 0 Å². The average Bonchev–Trinajstić information content (AvgIpc) is 2.84. The van der Waals surface area contributed by atoms with Crippen LogP contribution in [0.1, 0.15) is 29.2 Å². The maximum absolute atomic E-state index is 13.5. The van der Waals surface area contributed by atoms with E-state index in [1.165, 1.54) is 11.6 Å². The molecule has 29 heavy (non-hydrogen) atoms. The van der Waals surface area contributed by atoms with Crippen molar-refractivity contribution < 1.29 is 9.50 Å². The second-order valence-corrected chi connectivity index (χ2v) is 8.28. The quantitative estimate of drug-likeness (QED) is 0.692. The molecule has 0 fully saturated rings. The Bertz CT molecular complexity index is 1180. The van der Waals surface area contributed by atoms with Crippen LogP contribution >= 0.6 is 11.8 Å². The molecular weight excluding hydrogens is 387 g/mol. The Kier molecular flexibility index (Phi) is 5.28. The highest BCUT2D eigenvalue weighted by Gasteiger charge is 2.22. The summed E-state index contributed by atoms with van der Waals surface area (Å²) in [4.78, 5) is 16.9. The largest absolute Gasteiger partial charge is 0.507 e. The molecule has 4 nitrogen and oxygen atoms in total.